The zero-order chi connectivity index (χ0) is 13.8. The Morgan fingerprint density at radius 3 is 2.45 bits per heavy atom. The minimum absolute atomic E-state index is 0.102. The number of hydrogen-bond donors (Lipinski definition) is 1. The predicted molar refractivity (Wildman–Crippen MR) is 75.2 cm³/mol. The molecule has 0 bridgehead atoms. The second-order valence-corrected chi connectivity index (χ2v) is 5.61. The number of ether oxygens (including phenoxy) is 2. The van der Waals surface area contributed by atoms with Crippen LogP contribution in [-0.4, -0.2) is 30.9 Å². The van der Waals surface area contributed by atoms with Crippen LogP contribution >= 0.6 is 0 Å². The monoisotopic (exact) mass is 275 g/mol. The first-order valence-corrected chi connectivity index (χ1v) is 7.37. The van der Waals surface area contributed by atoms with Crippen molar-refractivity contribution >= 4 is 5.91 Å². The van der Waals surface area contributed by atoms with E-state index in [0.29, 0.717) is 19.6 Å². The van der Waals surface area contributed by atoms with Crippen molar-refractivity contribution in [1.29, 1.82) is 0 Å². The molecule has 2 aliphatic rings. The van der Waals surface area contributed by atoms with Crippen molar-refractivity contribution in [3.63, 3.8) is 0 Å². The third kappa shape index (κ3) is 3.19. The minimum Gasteiger partial charge on any atom is -0.353 e. The maximum Gasteiger partial charge on any atom is 0.224 e. The molecule has 1 saturated carbocycles. The van der Waals surface area contributed by atoms with E-state index in [0.717, 1.165) is 31.2 Å². The van der Waals surface area contributed by atoms with Crippen LogP contribution in [0.15, 0.2) is 30.3 Å². The third-order valence-electron chi connectivity index (χ3n) is 4.13. The number of carbonyl (C=O) groups excluding carboxylic acids is 1. The fourth-order valence-electron chi connectivity index (χ4n) is 3.05. The zero-order valence-corrected chi connectivity index (χ0v) is 11.6. The molecule has 1 N–H and O–H groups in total. The van der Waals surface area contributed by atoms with E-state index < -0.39 is 0 Å². The zero-order valence-electron chi connectivity index (χ0n) is 11.6. The van der Waals surface area contributed by atoms with Crippen LogP contribution in [-0.2, 0) is 20.7 Å². The first kappa shape index (κ1) is 13.6. The molecule has 1 aliphatic heterocycles. The number of carbonyl (C=O) groups is 1. The fraction of sp³-hybridized carbons (Fsp3) is 0.562. The van der Waals surface area contributed by atoms with Crippen molar-refractivity contribution in [2.24, 2.45) is 0 Å². The summed E-state index contributed by atoms with van der Waals surface area (Å²) in [5, 5.41) is 3.12. The Morgan fingerprint density at radius 2 is 1.80 bits per heavy atom. The van der Waals surface area contributed by atoms with Crippen LogP contribution in [0.4, 0.5) is 0 Å². The van der Waals surface area contributed by atoms with Crippen molar-refractivity contribution < 1.29 is 14.3 Å². The van der Waals surface area contributed by atoms with Crippen molar-refractivity contribution in [2.45, 2.75) is 43.9 Å². The van der Waals surface area contributed by atoms with E-state index >= 15 is 0 Å². The lowest BCUT2D eigenvalue weighted by atomic mass is 9.90. The lowest BCUT2D eigenvalue weighted by Crippen LogP contribution is -2.44. The maximum atomic E-state index is 12.0. The summed E-state index contributed by atoms with van der Waals surface area (Å²) in [6.07, 6.45) is 4.07. The van der Waals surface area contributed by atoms with E-state index in [-0.39, 0.29) is 17.7 Å². The molecule has 3 rings (SSSR count). The maximum absolute atomic E-state index is 12.0. The summed E-state index contributed by atoms with van der Waals surface area (Å²) in [7, 11) is 0. The van der Waals surface area contributed by atoms with E-state index in [4.69, 9.17) is 9.47 Å². The fourth-order valence-corrected chi connectivity index (χ4v) is 3.05. The summed E-state index contributed by atoms with van der Waals surface area (Å²) in [6.45, 7) is 1.40. The van der Waals surface area contributed by atoms with Gasteiger partial charge in [0.15, 0.2) is 5.79 Å². The van der Waals surface area contributed by atoms with Gasteiger partial charge in [-0.3, -0.25) is 4.79 Å². The normalized spacial score (nSPS) is 22.0. The minimum atomic E-state index is -0.347. The molecule has 1 amide bonds. The van der Waals surface area contributed by atoms with Gasteiger partial charge in [0.1, 0.15) is 0 Å². The molecule has 108 valence electrons. The molecule has 1 aromatic rings. The van der Waals surface area contributed by atoms with Gasteiger partial charge in [-0.05, 0) is 18.4 Å². The van der Waals surface area contributed by atoms with Gasteiger partial charge in [-0.25, -0.2) is 0 Å². The number of amides is 1. The highest BCUT2D eigenvalue weighted by Gasteiger charge is 2.40. The van der Waals surface area contributed by atoms with E-state index in [1.54, 1.807) is 0 Å². The summed E-state index contributed by atoms with van der Waals surface area (Å²) in [4.78, 5) is 12.0. The van der Waals surface area contributed by atoms with Crippen molar-refractivity contribution in [3.05, 3.63) is 35.9 Å². The van der Waals surface area contributed by atoms with E-state index in [9.17, 15) is 4.79 Å². The van der Waals surface area contributed by atoms with Gasteiger partial charge < -0.3 is 14.8 Å². The molecule has 0 radical (unpaired) electrons. The van der Waals surface area contributed by atoms with Gasteiger partial charge in [0, 0.05) is 18.9 Å². The van der Waals surface area contributed by atoms with Crippen molar-refractivity contribution in [3.8, 4) is 0 Å². The van der Waals surface area contributed by atoms with Crippen molar-refractivity contribution in [2.75, 3.05) is 13.2 Å². The molecular weight excluding hydrogens is 254 g/mol. The highest BCUT2D eigenvalue weighted by Crippen LogP contribution is 2.35. The number of nitrogens with one attached hydrogen (secondary N) is 1. The lowest BCUT2D eigenvalue weighted by molar-refractivity contribution is -0.180. The Kier molecular flexibility index (Phi) is 4.03. The molecule has 4 heteroatoms. The second kappa shape index (κ2) is 5.94. The smallest absolute Gasteiger partial charge is 0.224 e. The van der Waals surface area contributed by atoms with Crippen LogP contribution in [0.1, 0.15) is 31.2 Å². The van der Waals surface area contributed by atoms with Gasteiger partial charge in [0.25, 0.3) is 0 Å². The van der Waals surface area contributed by atoms with E-state index in [1.165, 1.54) is 0 Å². The third-order valence-corrected chi connectivity index (χ3v) is 4.13. The average molecular weight is 275 g/mol. The molecule has 4 nitrogen and oxygen atoms in total. The Labute approximate surface area is 119 Å². The SMILES string of the molecule is O=C(Cc1ccccc1)NC1CCC2(CC1)OCCO2. The topological polar surface area (TPSA) is 47.6 Å². The highest BCUT2D eigenvalue weighted by molar-refractivity contribution is 5.78. The molecule has 1 saturated heterocycles. The van der Waals surface area contributed by atoms with Gasteiger partial charge in [-0.15, -0.1) is 0 Å². The average Bonchev–Trinajstić information content (AvgIpc) is 2.91. The highest BCUT2D eigenvalue weighted by atomic mass is 16.7. The Bertz CT molecular complexity index is 444. The Hall–Kier alpha value is -1.39. The first-order valence-electron chi connectivity index (χ1n) is 7.37. The van der Waals surface area contributed by atoms with Gasteiger partial charge in [0.2, 0.25) is 5.91 Å². The van der Waals surface area contributed by atoms with E-state index in [2.05, 4.69) is 5.32 Å². The summed E-state index contributed by atoms with van der Waals surface area (Å²) >= 11 is 0. The molecule has 1 heterocycles. The molecule has 1 aromatic carbocycles. The van der Waals surface area contributed by atoms with Crippen LogP contribution in [0.25, 0.3) is 0 Å². The lowest BCUT2D eigenvalue weighted by Gasteiger charge is -2.35. The van der Waals surface area contributed by atoms with Crippen LogP contribution in [0.5, 0.6) is 0 Å². The summed E-state index contributed by atoms with van der Waals surface area (Å²) in [6, 6.07) is 10.1. The second-order valence-electron chi connectivity index (χ2n) is 5.61. The van der Waals surface area contributed by atoms with Crippen LogP contribution in [0, 0.1) is 0 Å². The van der Waals surface area contributed by atoms with Crippen molar-refractivity contribution in [1.82, 2.24) is 5.32 Å². The predicted octanol–water partition coefficient (Wildman–Crippen LogP) is 2.03. The van der Waals surface area contributed by atoms with Gasteiger partial charge in [-0.2, -0.15) is 0 Å². The molecule has 1 aliphatic carbocycles. The summed E-state index contributed by atoms with van der Waals surface area (Å²) in [5.41, 5.74) is 1.06. The first-order chi connectivity index (χ1) is 9.76. The quantitative estimate of drug-likeness (QED) is 0.918. The van der Waals surface area contributed by atoms with Crippen LogP contribution < -0.4 is 5.32 Å². The number of hydrogen-bond acceptors (Lipinski definition) is 3. The largest absolute Gasteiger partial charge is 0.353 e. The molecular formula is C16H21NO3. The van der Waals surface area contributed by atoms with Crippen LogP contribution in [0.2, 0.25) is 0 Å². The van der Waals surface area contributed by atoms with Crippen LogP contribution in [0.3, 0.4) is 0 Å². The van der Waals surface area contributed by atoms with Gasteiger partial charge in [-0.1, -0.05) is 30.3 Å². The summed E-state index contributed by atoms with van der Waals surface area (Å²) in [5.74, 6) is -0.244. The number of benzene rings is 1. The standard InChI is InChI=1S/C16H21NO3/c18-15(12-13-4-2-1-3-5-13)17-14-6-8-16(9-7-14)19-10-11-20-16/h1-5,14H,6-12H2,(H,17,18). The number of rotatable bonds is 3. The summed E-state index contributed by atoms with van der Waals surface area (Å²) < 4.78 is 11.4. The molecule has 0 aromatic heterocycles. The van der Waals surface area contributed by atoms with Gasteiger partial charge >= 0.3 is 0 Å². The molecule has 20 heavy (non-hydrogen) atoms. The molecule has 1 spiro atoms. The molecule has 2 fully saturated rings. The Balaban J connectivity index is 1.46. The molecule has 0 unspecified atom stereocenters. The van der Waals surface area contributed by atoms with E-state index in [1.807, 2.05) is 30.3 Å². The van der Waals surface area contributed by atoms with Gasteiger partial charge in [0.05, 0.1) is 19.6 Å². The Morgan fingerprint density at radius 1 is 1.15 bits per heavy atom. The molecule has 0 atom stereocenters.